The number of carbonyl (C=O) groups is 2. The van der Waals surface area contributed by atoms with Crippen LogP contribution in [0.2, 0.25) is 0 Å². The number of aliphatic hydroxyl groups is 2. The molecule has 2 unspecified atom stereocenters. The van der Waals surface area contributed by atoms with Gasteiger partial charge in [-0.15, -0.1) is 0 Å². The molecular weight excluding hydrogens is 503 g/mol. The first-order chi connectivity index (χ1) is 17.5. The number of fused-ring (bicyclic) bond motifs is 1. The molecule has 3 rings (SSSR count). The highest BCUT2D eigenvalue weighted by molar-refractivity contribution is 5.88. The summed E-state index contributed by atoms with van der Waals surface area (Å²) in [6, 6.07) is 0. The Kier molecular flexibility index (Phi) is 8.98. The van der Waals surface area contributed by atoms with Crippen molar-refractivity contribution in [1.82, 2.24) is 4.98 Å². The third-order valence-corrected chi connectivity index (χ3v) is 8.16. The number of hydrogen-bond donors (Lipinski definition) is 2. The van der Waals surface area contributed by atoms with Gasteiger partial charge in [-0.05, 0) is 49.2 Å². The van der Waals surface area contributed by atoms with Crippen molar-refractivity contribution in [3.63, 3.8) is 0 Å². The van der Waals surface area contributed by atoms with Gasteiger partial charge in [-0.3, -0.25) is 9.59 Å². The number of halogens is 3. The van der Waals surface area contributed by atoms with Crippen LogP contribution >= 0.6 is 0 Å². The van der Waals surface area contributed by atoms with Crippen LogP contribution < -0.4 is 0 Å². The standard InChI is InChI=1S/C28H38F3NO6/c1-14(9-20-13-37-17(4)32-20)22-8-7-19(28(29,30)31)10-18-11-21(18)15(2)25(35)16(3)26(36)27(5,6)23(33)12-24(34)38-22/h7,9,13,15-16,18,21-23,25,33,35H,8,10-12H2,1-6H3/b14-9?,19-7+/t15-,16-,18?,21?,22-,23+,25+/m1/s1. The molecule has 1 fully saturated rings. The van der Waals surface area contributed by atoms with Gasteiger partial charge in [-0.2, -0.15) is 13.2 Å². The highest BCUT2D eigenvalue weighted by atomic mass is 19.4. The van der Waals surface area contributed by atoms with Gasteiger partial charge in [-0.1, -0.05) is 33.8 Å². The van der Waals surface area contributed by atoms with E-state index in [9.17, 15) is 33.0 Å². The molecule has 0 radical (unpaired) electrons. The summed E-state index contributed by atoms with van der Waals surface area (Å²) in [6.07, 6.45) is -4.57. The van der Waals surface area contributed by atoms with E-state index in [1.807, 2.05) is 0 Å². The molecule has 2 aliphatic rings. The summed E-state index contributed by atoms with van der Waals surface area (Å²) in [7, 11) is 0. The van der Waals surface area contributed by atoms with Gasteiger partial charge in [0.1, 0.15) is 23.8 Å². The SMILES string of the molecule is CC(=Cc1coc(C)n1)[C@H]1C/C=C(/C(F)(F)F)CC2CC2[C@@H](C)[C@H](O)[C@@H](C)C(=O)C(C)(C)[C@@H](O)CC(=O)O1. The lowest BCUT2D eigenvalue weighted by Crippen LogP contribution is -2.46. The molecule has 1 aromatic rings. The van der Waals surface area contributed by atoms with Gasteiger partial charge in [0.05, 0.1) is 24.0 Å². The van der Waals surface area contributed by atoms with E-state index in [4.69, 9.17) is 9.15 Å². The van der Waals surface area contributed by atoms with Crippen LogP contribution in [0.3, 0.4) is 0 Å². The Bertz CT molecular complexity index is 1090. The van der Waals surface area contributed by atoms with Gasteiger partial charge < -0.3 is 19.4 Å². The monoisotopic (exact) mass is 541 g/mol. The summed E-state index contributed by atoms with van der Waals surface area (Å²) in [5.74, 6) is -2.59. The first kappa shape index (κ1) is 30.1. The van der Waals surface area contributed by atoms with Crippen molar-refractivity contribution >= 4 is 17.8 Å². The van der Waals surface area contributed by atoms with Crippen LogP contribution in [0, 0.1) is 36.0 Å². The minimum absolute atomic E-state index is 0.155. The number of ketones is 1. The number of Topliss-reactive ketones (excluding diaryl/α,β-unsaturated/α-hetero) is 1. The van der Waals surface area contributed by atoms with Crippen molar-refractivity contribution in [1.29, 1.82) is 0 Å². The highest BCUT2D eigenvalue weighted by Crippen LogP contribution is 2.51. The molecule has 1 saturated carbocycles. The lowest BCUT2D eigenvalue weighted by Gasteiger charge is -2.34. The van der Waals surface area contributed by atoms with Crippen LogP contribution in [0.1, 0.15) is 71.9 Å². The minimum Gasteiger partial charge on any atom is -0.457 e. The third-order valence-electron chi connectivity index (χ3n) is 8.16. The van der Waals surface area contributed by atoms with E-state index in [1.165, 1.54) is 20.1 Å². The number of aromatic nitrogens is 1. The number of alkyl halides is 3. The number of nitrogens with zero attached hydrogens (tertiary/aromatic N) is 1. The number of rotatable bonds is 2. The number of oxazole rings is 1. The number of ether oxygens (including phenoxy) is 1. The van der Waals surface area contributed by atoms with Crippen LogP contribution in [0.25, 0.3) is 6.08 Å². The van der Waals surface area contributed by atoms with E-state index >= 15 is 0 Å². The molecule has 10 heteroatoms. The molecule has 1 aliphatic heterocycles. The maximum Gasteiger partial charge on any atom is 0.412 e. The molecule has 2 N–H and O–H groups in total. The minimum atomic E-state index is -4.57. The van der Waals surface area contributed by atoms with Crippen molar-refractivity contribution in [2.45, 2.75) is 91.7 Å². The molecule has 0 saturated heterocycles. The maximum absolute atomic E-state index is 14.0. The number of aryl methyl sites for hydroxylation is 1. The number of esters is 1. The normalized spacial score (nSPS) is 35.2. The average Bonchev–Trinajstić information content (AvgIpc) is 3.48. The van der Waals surface area contributed by atoms with Gasteiger partial charge in [0.15, 0.2) is 5.89 Å². The topological polar surface area (TPSA) is 110 Å². The smallest absolute Gasteiger partial charge is 0.412 e. The highest BCUT2D eigenvalue weighted by Gasteiger charge is 2.49. The fraction of sp³-hybridized carbons (Fsp3) is 0.679. The Hall–Kier alpha value is -2.46. The zero-order chi connectivity index (χ0) is 28.6. The Balaban J connectivity index is 1.98. The van der Waals surface area contributed by atoms with Gasteiger partial charge in [-0.25, -0.2) is 4.98 Å². The Morgan fingerprint density at radius 1 is 1.18 bits per heavy atom. The predicted octanol–water partition coefficient (Wildman–Crippen LogP) is 5.20. The zero-order valence-electron chi connectivity index (χ0n) is 22.7. The second kappa shape index (κ2) is 11.3. The molecule has 7 atom stereocenters. The first-order valence-corrected chi connectivity index (χ1v) is 13.0. The molecule has 0 bridgehead atoms. The number of carbonyl (C=O) groups excluding carboxylic acids is 2. The van der Waals surface area contributed by atoms with Gasteiger partial charge in [0.2, 0.25) is 0 Å². The van der Waals surface area contributed by atoms with Crippen LogP contribution in [-0.4, -0.2) is 51.4 Å². The average molecular weight is 542 g/mol. The number of hydrogen-bond acceptors (Lipinski definition) is 7. The molecule has 1 aliphatic carbocycles. The van der Waals surface area contributed by atoms with Gasteiger partial charge in [0.25, 0.3) is 0 Å². The lowest BCUT2D eigenvalue weighted by molar-refractivity contribution is -0.154. The summed E-state index contributed by atoms with van der Waals surface area (Å²) >= 11 is 0. The largest absolute Gasteiger partial charge is 0.457 e. The third kappa shape index (κ3) is 6.94. The molecule has 7 nitrogen and oxygen atoms in total. The Morgan fingerprint density at radius 2 is 1.84 bits per heavy atom. The second-order valence-electron chi connectivity index (χ2n) is 11.4. The van der Waals surface area contributed by atoms with Crippen LogP contribution in [0.15, 0.2) is 27.9 Å². The summed E-state index contributed by atoms with van der Waals surface area (Å²) in [5.41, 5.74) is -1.20. The van der Waals surface area contributed by atoms with Crippen molar-refractivity contribution in [3.8, 4) is 0 Å². The number of aliphatic hydroxyl groups excluding tert-OH is 2. The van der Waals surface area contributed by atoms with Crippen LogP contribution in [0.4, 0.5) is 13.2 Å². The van der Waals surface area contributed by atoms with E-state index in [0.29, 0.717) is 23.6 Å². The maximum atomic E-state index is 14.0. The van der Waals surface area contributed by atoms with E-state index in [1.54, 1.807) is 33.8 Å². The molecule has 2 heterocycles. The van der Waals surface area contributed by atoms with Crippen molar-refractivity contribution < 1.29 is 42.1 Å². The van der Waals surface area contributed by atoms with Crippen molar-refractivity contribution in [2.24, 2.45) is 29.1 Å². The number of cyclic esters (lactones) is 1. The lowest BCUT2D eigenvalue weighted by atomic mass is 9.72. The first-order valence-electron chi connectivity index (χ1n) is 13.0. The quantitative estimate of drug-likeness (QED) is 0.391. The summed E-state index contributed by atoms with van der Waals surface area (Å²) in [5, 5.41) is 21.7. The van der Waals surface area contributed by atoms with Crippen molar-refractivity contribution in [2.75, 3.05) is 0 Å². The Morgan fingerprint density at radius 3 is 2.42 bits per heavy atom. The van der Waals surface area contributed by atoms with E-state index in [0.717, 1.165) is 6.08 Å². The molecule has 38 heavy (non-hydrogen) atoms. The molecule has 0 spiro atoms. The van der Waals surface area contributed by atoms with Gasteiger partial charge >= 0.3 is 12.1 Å². The summed E-state index contributed by atoms with van der Waals surface area (Å²) in [4.78, 5) is 30.3. The number of allylic oxidation sites excluding steroid dienone is 1. The molecule has 212 valence electrons. The van der Waals surface area contributed by atoms with Crippen LogP contribution in [-0.2, 0) is 14.3 Å². The Labute approximate surface area is 221 Å². The fourth-order valence-electron chi connectivity index (χ4n) is 5.33. The molecule has 0 aromatic carbocycles. The van der Waals surface area contributed by atoms with E-state index in [2.05, 4.69) is 4.98 Å². The van der Waals surface area contributed by atoms with E-state index in [-0.39, 0.29) is 24.7 Å². The fourth-order valence-corrected chi connectivity index (χ4v) is 5.33. The second-order valence-corrected chi connectivity index (χ2v) is 11.4. The molecule has 1 aromatic heterocycles. The molecule has 0 amide bonds. The predicted molar refractivity (Wildman–Crippen MR) is 133 cm³/mol. The van der Waals surface area contributed by atoms with Crippen molar-refractivity contribution in [3.05, 3.63) is 35.1 Å². The summed E-state index contributed by atoms with van der Waals surface area (Å²) in [6.45, 7) is 9.58. The zero-order valence-corrected chi connectivity index (χ0v) is 22.7. The summed E-state index contributed by atoms with van der Waals surface area (Å²) < 4.78 is 52.6. The van der Waals surface area contributed by atoms with Gasteiger partial charge in [0, 0.05) is 24.8 Å². The van der Waals surface area contributed by atoms with E-state index < -0.39 is 65.5 Å². The van der Waals surface area contributed by atoms with Crippen LogP contribution in [0.5, 0.6) is 0 Å². The molecular formula is C28H38F3NO6.